The van der Waals surface area contributed by atoms with Crippen molar-refractivity contribution in [3.8, 4) is 0 Å². The van der Waals surface area contributed by atoms with E-state index in [4.69, 9.17) is 5.73 Å². The molecule has 0 aromatic carbocycles. The monoisotopic (exact) mass is 223 g/mol. The van der Waals surface area contributed by atoms with E-state index in [9.17, 15) is 0 Å². The highest BCUT2D eigenvalue weighted by molar-refractivity contribution is 7.10. The topological polar surface area (TPSA) is 26.0 Å². The van der Waals surface area contributed by atoms with Crippen molar-refractivity contribution in [3.63, 3.8) is 0 Å². The maximum atomic E-state index is 6.16. The number of rotatable bonds is 2. The van der Waals surface area contributed by atoms with Crippen LogP contribution in [-0.4, -0.2) is 0 Å². The van der Waals surface area contributed by atoms with Crippen molar-refractivity contribution in [1.29, 1.82) is 0 Å². The van der Waals surface area contributed by atoms with Gasteiger partial charge in [0.25, 0.3) is 0 Å². The summed E-state index contributed by atoms with van der Waals surface area (Å²) >= 11 is 3.50. The summed E-state index contributed by atoms with van der Waals surface area (Å²) in [5.41, 5.74) is 8.69. The molecule has 1 atom stereocenters. The van der Waals surface area contributed by atoms with Crippen molar-refractivity contribution in [1.82, 2.24) is 0 Å². The Hall–Kier alpha value is -0.640. The molecule has 1 nitrogen and oxygen atoms in total. The predicted octanol–water partition coefficient (Wildman–Crippen LogP) is 3.47. The van der Waals surface area contributed by atoms with E-state index in [1.54, 1.807) is 22.7 Å². The molecule has 74 valence electrons. The fourth-order valence-corrected chi connectivity index (χ4v) is 3.07. The van der Waals surface area contributed by atoms with Gasteiger partial charge in [0.15, 0.2) is 0 Å². The summed E-state index contributed by atoms with van der Waals surface area (Å²) in [6, 6.07) is 4.39. The van der Waals surface area contributed by atoms with Crippen molar-refractivity contribution >= 4 is 22.7 Å². The third-order valence-electron chi connectivity index (χ3n) is 2.17. The van der Waals surface area contributed by atoms with Crippen molar-refractivity contribution in [2.75, 3.05) is 0 Å². The molecule has 0 amide bonds. The lowest BCUT2D eigenvalue weighted by Crippen LogP contribution is -2.08. The van der Waals surface area contributed by atoms with Crippen LogP contribution in [0.5, 0.6) is 0 Å². The zero-order valence-electron chi connectivity index (χ0n) is 8.28. The number of thiophene rings is 2. The molecule has 2 N–H and O–H groups in total. The first-order valence-corrected chi connectivity index (χ1v) is 6.28. The van der Waals surface area contributed by atoms with Gasteiger partial charge in [-0.05, 0) is 47.9 Å². The van der Waals surface area contributed by atoms with Crippen molar-refractivity contribution < 1.29 is 0 Å². The molecule has 2 aromatic heterocycles. The number of hydrogen-bond acceptors (Lipinski definition) is 3. The highest BCUT2D eigenvalue weighted by Crippen LogP contribution is 2.28. The van der Waals surface area contributed by atoms with Crippen molar-refractivity contribution in [2.24, 2.45) is 5.73 Å². The highest BCUT2D eigenvalue weighted by atomic mass is 32.1. The lowest BCUT2D eigenvalue weighted by molar-refractivity contribution is 0.898. The van der Waals surface area contributed by atoms with Crippen LogP contribution < -0.4 is 5.73 Å². The van der Waals surface area contributed by atoms with Gasteiger partial charge in [-0.25, -0.2) is 0 Å². The van der Waals surface area contributed by atoms with E-state index in [1.165, 1.54) is 20.9 Å². The SMILES string of the molecule is Cc1csc(C(N)c2csc(C)c2)c1. The molecule has 0 fully saturated rings. The molecule has 0 aliphatic heterocycles. The van der Waals surface area contributed by atoms with Crippen LogP contribution in [0, 0.1) is 13.8 Å². The molecule has 2 aromatic rings. The maximum absolute atomic E-state index is 6.16. The Morgan fingerprint density at radius 1 is 1.14 bits per heavy atom. The average molecular weight is 223 g/mol. The zero-order chi connectivity index (χ0) is 10.1. The highest BCUT2D eigenvalue weighted by Gasteiger charge is 2.11. The average Bonchev–Trinajstić information content (AvgIpc) is 2.73. The fraction of sp³-hybridized carbons (Fsp3) is 0.273. The second-order valence-electron chi connectivity index (χ2n) is 3.49. The maximum Gasteiger partial charge on any atom is 0.0654 e. The standard InChI is InChI=1S/C11H13NS2/c1-7-3-10(14-5-7)11(12)9-4-8(2)13-6-9/h3-6,11H,12H2,1-2H3. The second-order valence-corrected chi connectivity index (χ2v) is 5.55. The number of hydrogen-bond donors (Lipinski definition) is 1. The lowest BCUT2D eigenvalue weighted by atomic mass is 10.1. The summed E-state index contributed by atoms with van der Waals surface area (Å²) in [6.07, 6.45) is 0. The van der Waals surface area contributed by atoms with Crippen LogP contribution in [0.3, 0.4) is 0 Å². The third-order valence-corrected chi connectivity index (χ3v) is 4.18. The molecule has 0 saturated carbocycles. The van der Waals surface area contributed by atoms with E-state index in [0.29, 0.717) is 0 Å². The summed E-state index contributed by atoms with van der Waals surface area (Å²) in [5, 5.41) is 4.30. The Kier molecular flexibility index (Phi) is 2.72. The summed E-state index contributed by atoms with van der Waals surface area (Å²) < 4.78 is 0. The van der Waals surface area contributed by atoms with E-state index < -0.39 is 0 Å². The normalized spacial score (nSPS) is 13.1. The molecule has 0 saturated heterocycles. The van der Waals surface area contributed by atoms with Crippen LogP contribution in [0.4, 0.5) is 0 Å². The van der Waals surface area contributed by atoms with Gasteiger partial charge in [0.1, 0.15) is 0 Å². The van der Waals surface area contributed by atoms with Crippen LogP contribution in [-0.2, 0) is 0 Å². The van der Waals surface area contributed by atoms with Crippen LogP contribution in [0.25, 0.3) is 0 Å². The van der Waals surface area contributed by atoms with Gasteiger partial charge in [-0.15, -0.1) is 22.7 Å². The summed E-state index contributed by atoms with van der Waals surface area (Å²) in [4.78, 5) is 2.57. The van der Waals surface area contributed by atoms with E-state index in [1.807, 2.05) is 0 Å². The minimum absolute atomic E-state index is 0.0543. The van der Waals surface area contributed by atoms with Crippen molar-refractivity contribution in [2.45, 2.75) is 19.9 Å². The molecule has 14 heavy (non-hydrogen) atoms. The van der Waals surface area contributed by atoms with Gasteiger partial charge in [0, 0.05) is 9.75 Å². The van der Waals surface area contributed by atoms with Gasteiger partial charge < -0.3 is 5.73 Å². The second kappa shape index (κ2) is 3.85. The van der Waals surface area contributed by atoms with Gasteiger partial charge in [-0.3, -0.25) is 0 Å². The molecule has 1 unspecified atom stereocenters. The Labute approximate surface area is 92.2 Å². The van der Waals surface area contributed by atoms with Gasteiger partial charge in [0.2, 0.25) is 0 Å². The van der Waals surface area contributed by atoms with E-state index in [-0.39, 0.29) is 6.04 Å². The largest absolute Gasteiger partial charge is 0.320 e. The van der Waals surface area contributed by atoms with Gasteiger partial charge in [-0.1, -0.05) is 0 Å². The molecular weight excluding hydrogens is 210 g/mol. The van der Waals surface area contributed by atoms with Gasteiger partial charge in [0.05, 0.1) is 6.04 Å². The molecular formula is C11H13NS2. The van der Waals surface area contributed by atoms with Crippen LogP contribution >= 0.6 is 22.7 Å². The van der Waals surface area contributed by atoms with Crippen LogP contribution in [0.1, 0.15) is 26.9 Å². The van der Waals surface area contributed by atoms with Crippen LogP contribution in [0.15, 0.2) is 22.9 Å². The Morgan fingerprint density at radius 3 is 2.43 bits per heavy atom. The van der Waals surface area contributed by atoms with Crippen LogP contribution in [0.2, 0.25) is 0 Å². The Bertz CT molecular complexity index is 388. The predicted molar refractivity (Wildman–Crippen MR) is 64.1 cm³/mol. The molecule has 3 heteroatoms. The van der Waals surface area contributed by atoms with Crippen molar-refractivity contribution in [3.05, 3.63) is 43.8 Å². The van der Waals surface area contributed by atoms with E-state index in [2.05, 4.69) is 36.7 Å². The quantitative estimate of drug-likeness (QED) is 0.829. The molecule has 0 radical (unpaired) electrons. The first-order chi connectivity index (χ1) is 6.66. The first kappa shape index (κ1) is 9.90. The fourth-order valence-electron chi connectivity index (χ4n) is 1.41. The molecule has 0 spiro atoms. The Morgan fingerprint density at radius 2 is 1.93 bits per heavy atom. The zero-order valence-corrected chi connectivity index (χ0v) is 9.91. The Balaban J connectivity index is 2.28. The minimum Gasteiger partial charge on any atom is -0.320 e. The minimum atomic E-state index is 0.0543. The molecule has 2 heterocycles. The summed E-state index contributed by atoms with van der Waals surface area (Å²) in [5.74, 6) is 0. The van der Waals surface area contributed by atoms with Gasteiger partial charge >= 0.3 is 0 Å². The third kappa shape index (κ3) is 1.90. The molecule has 0 aliphatic rings. The number of aryl methyl sites for hydroxylation is 2. The van der Waals surface area contributed by atoms with Gasteiger partial charge in [-0.2, -0.15) is 0 Å². The molecule has 0 bridgehead atoms. The molecule has 2 rings (SSSR count). The summed E-state index contributed by atoms with van der Waals surface area (Å²) in [6.45, 7) is 4.21. The molecule has 0 aliphatic carbocycles. The smallest absolute Gasteiger partial charge is 0.0654 e. The van der Waals surface area contributed by atoms with E-state index in [0.717, 1.165) is 0 Å². The van der Waals surface area contributed by atoms with E-state index >= 15 is 0 Å². The lowest BCUT2D eigenvalue weighted by Gasteiger charge is -2.06. The number of nitrogens with two attached hydrogens (primary N) is 1. The summed E-state index contributed by atoms with van der Waals surface area (Å²) in [7, 11) is 0. The first-order valence-electron chi connectivity index (χ1n) is 4.52.